The van der Waals surface area contributed by atoms with Crippen molar-refractivity contribution in [2.45, 2.75) is 6.92 Å². The standard InChI is InChI=1S/C22H16FN3O2/c1-13-2-4-16-17(10-13)26-21(14-3-5-18-19(11-14)28-12-27-18)20(23)22(16)25-15-6-8-24-9-7-15/h2-11H,12H2,1H3,(H,24,25,26). The van der Waals surface area contributed by atoms with Gasteiger partial charge in [-0.15, -0.1) is 0 Å². The molecule has 0 fully saturated rings. The maximum Gasteiger partial charge on any atom is 0.231 e. The number of aryl methyl sites for hydroxylation is 1. The van der Waals surface area contributed by atoms with Gasteiger partial charge in [0.2, 0.25) is 6.79 Å². The minimum atomic E-state index is -0.424. The first-order chi connectivity index (χ1) is 13.7. The van der Waals surface area contributed by atoms with Crippen molar-refractivity contribution >= 4 is 22.3 Å². The van der Waals surface area contributed by atoms with Crippen molar-refractivity contribution in [1.29, 1.82) is 0 Å². The first-order valence-corrected chi connectivity index (χ1v) is 8.86. The van der Waals surface area contributed by atoms with Gasteiger partial charge in [0.25, 0.3) is 0 Å². The monoisotopic (exact) mass is 373 g/mol. The first-order valence-electron chi connectivity index (χ1n) is 8.86. The summed E-state index contributed by atoms with van der Waals surface area (Å²) in [4.78, 5) is 8.62. The molecule has 1 aliphatic heterocycles. The molecule has 5 nitrogen and oxygen atoms in total. The summed E-state index contributed by atoms with van der Waals surface area (Å²) in [7, 11) is 0. The van der Waals surface area contributed by atoms with E-state index < -0.39 is 5.82 Å². The molecule has 0 spiro atoms. The quantitative estimate of drug-likeness (QED) is 0.534. The van der Waals surface area contributed by atoms with Crippen molar-refractivity contribution in [2.75, 3.05) is 12.1 Å². The van der Waals surface area contributed by atoms with E-state index in [9.17, 15) is 0 Å². The second-order valence-electron chi connectivity index (χ2n) is 6.60. The molecular formula is C22H16FN3O2. The fourth-order valence-corrected chi connectivity index (χ4v) is 3.29. The maximum absolute atomic E-state index is 15.6. The van der Waals surface area contributed by atoms with E-state index in [-0.39, 0.29) is 12.5 Å². The zero-order valence-electron chi connectivity index (χ0n) is 15.1. The lowest BCUT2D eigenvalue weighted by molar-refractivity contribution is 0.174. The van der Waals surface area contributed by atoms with Crippen LogP contribution < -0.4 is 14.8 Å². The van der Waals surface area contributed by atoms with Gasteiger partial charge in [-0.25, -0.2) is 9.37 Å². The van der Waals surface area contributed by atoms with Gasteiger partial charge in [0.15, 0.2) is 17.3 Å². The molecule has 2 aromatic heterocycles. The highest BCUT2D eigenvalue weighted by Gasteiger charge is 2.20. The fourth-order valence-electron chi connectivity index (χ4n) is 3.29. The van der Waals surface area contributed by atoms with Gasteiger partial charge in [-0.1, -0.05) is 12.1 Å². The van der Waals surface area contributed by atoms with E-state index in [4.69, 9.17) is 9.47 Å². The summed E-state index contributed by atoms with van der Waals surface area (Å²) in [6.07, 6.45) is 3.32. The molecule has 0 radical (unpaired) electrons. The molecule has 5 rings (SSSR count). The number of ether oxygens (including phenoxy) is 2. The average molecular weight is 373 g/mol. The molecule has 28 heavy (non-hydrogen) atoms. The van der Waals surface area contributed by atoms with Crippen LogP contribution in [0.2, 0.25) is 0 Å². The van der Waals surface area contributed by atoms with Crippen LogP contribution in [0.3, 0.4) is 0 Å². The number of fused-ring (bicyclic) bond motifs is 2. The van der Waals surface area contributed by atoms with E-state index in [1.165, 1.54) is 0 Å². The van der Waals surface area contributed by atoms with Crippen LogP contribution in [-0.4, -0.2) is 16.8 Å². The zero-order chi connectivity index (χ0) is 19.1. The minimum absolute atomic E-state index is 0.167. The van der Waals surface area contributed by atoms with Crippen LogP contribution in [0.5, 0.6) is 11.5 Å². The molecule has 0 saturated heterocycles. The molecule has 0 atom stereocenters. The lowest BCUT2D eigenvalue weighted by Crippen LogP contribution is -2.01. The molecular weight excluding hydrogens is 357 g/mol. The van der Waals surface area contributed by atoms with Gasteiger partial charge in [0, 0.05) is 29.0 Å². The Hall–Kier alpha value is -3.67. The number of aromatic nitrogens is 2. The van der Waals surface area contributed by atoms with E-state index in [2.05, 4.69) is 15.3 Å². The lowest BCUT2D eigenvalue weighted by atomic mass is 10.0. The van der Waals surface area contributed by atoms with Crippen LogP contribution in [0, 0.1) is 12.7 Å². The number of hydrogen-bond donors (Lipinski definition) is 1. The van der Waals surface area contributed by atoms with Gasteiger partial charge in [-0.3, -0.25) is 4.98 Å². The third-order valence-corrected chi connectivity index (χ3v) is 4.68. The summed E-state index contributed by atoms with van der Waals surface area (Å²) < 4.78 is 26.4. The molecule has 3 heterocycles. The van der Waals surface area contributed by atoms with E-state index >= 15 is 4.39 Å². The number of nitrogens with zero attached hydrogens (tertiary/aromatic N) is 2. The van der Waals surface area contributed by atoms with Crippen LogP contribution in [0.4, 0.5) is 15.8 Å². The van der Waals surface area contributed by atoms with E-state index in [1.807, 2.05) is 25.1 Å². The molecule has 0 bridgehead atoms. The molecule has 138 valence electrons. The number of halogens is 1. The van der Waals surface area contributed by atoms with Gasteiger partial charge < -0.3 is 14.8 Å². The molecule has 1 aliphatic rings. The molecule has 2 aromatic carbocycles. The summed E-state index contributed by atoms with van der Waals surface area (Å²) >= 11 is 0. The number of rotatable bonds is 3. The Morgan fingerprint density at radius 1 is 0.964 bits per heavy atom. The van der Waals surface area contributed by atoms with Crippen LogP contribution in [-0.2, 0) is 0 Å². The summed E-state index contributed by atoms with van der Waals surface area (Å²) in [6.45, 7) is 2.15. The van der Waals surface area contributed by atoms with Gasteiger partial charge in [-0.05, 0) is 48.9 Å². The van der Waals surface area contributed by atoms with Crippen molar-refractivity contribution in [3.63, 3.8) is 0 Å². The third kappa shape index (κ3) is 2.79. The molecule has 0 saturated carbocycles. The summed E-state index contributed by atoms with van der Waals surface area (Å²) in [5, 5.41) is 3.90. The van der Waals surface area contributed by atoms with E-state index in [0.29, 0.717) is 33.7 Å². The predicted octanol–water partition coefficient (Wildman–Crippen LogP) is 5.22. The zero-order valence-corrected chi connectivity index (χ0v) is 15.1. The largest absolute Gasteiger partial charge is 0.454 e. The number of pyridine rings is 2. The van der Waals surface area contributed by atoms with E-state index in [0.717, 1.165) is 11.3 Å². The Morgan fingerprint density at radius 3 is 2.64 bits per heavy atom. The van der Waals surface area contributed by atoms with Crippen molar-refractivity contribution < 1.29 is 13.9 Å². The SMILES string of the molecule is Cc1ccc2c(Nc3ccncc3)c(F)c(-c3ccc4c(c3)OCO4)nc2c1. The highest BCUT2D eigenvalue weighted by Crippen LogP contribution is 2.39. The van der Waals surface area contributed by atoms with Crippen LogP contribution >= 0.6 is 0 Å². The molecule has 0 unspecified atom stereocenters. The number of benzene rings is 2. The van der Waals surface area contributed by atoms with Crippen LogP contribution in [0.1, 0.15) is 5.56 Å². The Bertz CT molecular complexity index is 1200. The highest BCUT2D eigenvalue weighted by molar-refractivity contribution is 5.96. The van der Waals surface area contributed by atoms with Crippen molar-refractivity contribution in [2.24, 2.45) is 0 Å². The van der Waals surface area contributed by atoms with Gasteiger partial charge in [0.1, 0.15) is 5.69 Å². The molecule has 0 amide bonds. The number of nitrogens with one attached hydrogen (secondary N) is 1. The molecule has 4 aromatic rings. The normalized spacial score (nSPS) is 12.4. The average Bonchev–Trinajstić information content (AvgIpc) is 3.18. The first kappa shape index (κ1) is 16.5. The van der Waals surface area contributed by atoms with Crippen molar-refractivity contribution in [1.82, 2.24) is 9.97 Å². The summed E-state index contributed by atoms with van der Waals surface area (Å²) in [6, 6.07) is 14.7. The van der Waals surface area contributed by atoms with Gasteiger partial charge in [0.05, 0.1) is 11.2 Å². The predicted molar refractivity (Wildman–Crippen MR) is 106 cm³/mol. The minimum Gasteiger partial charge on any atom is -0.454 e. The smallest absolute Gasteiger partial charge is 0.231 e. The molecule has 6 heteroatoms. The second-order valence-corrected chi connectivity index (χ2v) is 6.60. The number of anilines is 2. The summed E-state index contributed by atoms with van der Waals surface area (Å²) in [5.41, 5.74) is 3.78. The topological polar surface area (TPSA) is 56.3 Å². The molecule has 0 aliphatic carbocycles. The van der Waals surface area contributed by atoms with E-state index in [1.54, 1.807) is 42.7 Å². The van der Waals surface area contributed by atoms with Crippen LogP contribution in [0.25, 0.3) is 22.2 Å². The second kappa shape index (κ2) is 6.49. The Balaban J connectivity index is 1.72. The van der Waals surface area contributed by atoms with Gasteiger partial charge >= 0.3 is 0 Å². The Labute approximate surface area is 160 Å². The lowest BCUT2D eigenvalue weighted by Gasteiger charge is -2.15. The van der Waals surface area contributed by atoms with Crippen molar-refractivity contribution in [3.05, 3.63) is 72.3 Å². The maximum atomic E-state index is 15.6. The summed E-state index contributed by atoms with van der Waals surface area (Å²) in [5.74, 6) is 0.814. The third-order valence-electron chi connectivity index (χ3n) is 4.68. The highest BCUT2D eigenvalue weighted by atomic mass is 19.1. The Kier molecular flexibility index (Phi) is 3.83. The molecule has 1 N–H and O–H groups in total. The fraction of sp³-hybridized carbons (Fsp3) is 0.0909. The number of hydrogen-bond acceptors (Lipinski definition) is 5. The van der Waals surface area contributed by atoms with Crippen molar-refractivity contribution in [3.8, 4) is 22.8 Å². The van der Waals surface area contributed by atoms with Gasteiger partial charge in [-0.2, -0.15) is 0 Å². The van der Waals surface area contributed by atoms with Crippen LogP contribution in [0.15, 0.2) is 60.9 Å². The Morgan fingerprint density at radius 2 is 1.79 bits per heavy atom.